The molecule has 1 heterocycles. The predicted molar refractivity (Wildman–Crippen MR) is 78.7 cm³/mol. The van der Waals surface area contributed by atoms with E-state index in [9.17, 15) is 0 Å². The van der Waals surface area contributed by atoms with Gasteiger partial charge in [0.25, 0.3) is 0 Å². The van der Waals surface area contributed by atoms with E-state index in [4.69, 9.17) is 0 Å². The van der Waals surface area contributed by atoms with E-state index in [1.807, 2.05) is 6.20 Å². The molecule has 104 valence electrons. The third-order valence-electron chi connectivity index (χ3n) is 3.61. The Labute approximate surface area is 113 Å². The summed E-state index contributed by atoms with van der Waals surface area (Å²) in [4.78, 5) is 0. The van der Waals surface area contributed by atoms with E-state index in [2.05, 4.69) is 37.9 Å². The molecule has 2 heteroatoms. The Kier molecular flexibility index (Phi) is 7.22. The molecule has 1 unspecified atom stereocenters. The molecule has 0 N–H and O–H groups in total. The standard InChI is InChI=1S/C16H30N2/c1-13(2)8-5-6-11-16-15(12-17-18-16)10-7-9-14(3)4/h12-14,16H,5-11H2,1-4H3. The highest BCUT2D eigenvalue weighted by molar-refractivity contribution is 5.13. The fourth-order valence-electron chi connectivity index (χ4n) is 2.43. The van der Waals surface area contributed by atoms with Crippen molar-refractivity contribution in [3.05, 3.63) is 11.8 Å². The Morgan fingerprint density at radius 1 is 1.00 bits per heavy atom. The summed E-state index contributed by atoms with van der Waals surface area (Å²) in [5.74, 6) is 1.64. The van der Waals surface area contributed by atoms with Crippen LogP contribution in [0.3, 0.4) is 0 Å². The number of azo groups is 1. The van der Waals surface area contributed by atoms with Gasteiger partial charge in [0, 0.05) is 0 Å². The van der Waals surface area contributed by atoms with Gasteiger partial charge in [-0.3, -0.25) is 0 Å². The van der Waals surface area contributed by atoms with Gasteiger partial charge in [0.05, 0.1) is 12.2 Å². The first-order chi connectivity index (χ1) is 8.59. The molecular formula is C16H30N2. The summed E-state index contributed by atoms with van der Waals surface area (Å²) in [6.45, 7) is 9.18. The molecule has 1 rings (SSSR count). The van der Waals surface area contributed by atoms with Crippen LogP contribution in [0.15, 0.2) is 22.0 Å². The number of unbranched alkanes of at least 4 members (excludes halogenated alkanes) is 1. The number of hydrogen-bond acceptors (Lipinski definition) is 2. The molecular weight excluding hydrogens is 220 g/mol. The molecule has 0 aromatic heterocycles. The molecule has 1 atom stereocenters. The molecule has 0 amide bonds. The molecule has 18 heavy (non-hydrogen) atoms. The van der Waals surface area contributed by atoms with Crippen molar-refractivity contribution in [3.63, 3.8) is 0 Å². The zero-order valence-corrected chi connectivity index (χ0v) is 12.7. The van der Waals surface area contributed by atoms with Crippen LogP contribution in [0.4, 0.5) is 0 Å². The fourth-order valence-corrected chi connectivity index (χ4v) is 2.43. The van der Waals surface area contributed by atoms with Crippen LogP contribution >= 0.6 is 0 Å². The van der Waals surface area contributed by atoms with Crippen molar-refractivity contribution in [2.75, 3.05) is 0 Å². The second kappa shape index (κ2) is 8.44. The van der Waals surface area contributed by atoms with Crippen LogP contribution < -0.4 is 0 Å². The molecule has 0 saturated heterocycles. The Hall–Kier alpha value is -0.660. The van der Waals surface area contributed by atoms with Crippen molar-refractivity contribution < 1.29 is 0 Å². The van der Waals surface area contributed by atoms with E-state index < -0.39 is 0 Å². The summed E-state index contributed by atoms with van der Waals surface area (Å²) in [6, 6.07) is 0.407. The fraction of sp³-hybridized carbons (Fsp3) is 0.875. The second-order valence-corrected chi connectivity index (χ2v) is 6.42. The first kappa shape index (κ1) is 15.4. The molecule has 2 nitrogen and oxygen atoms in total. The SMILES string of the molecule is CC(C)CCCCC1N=NC=C1CCCC(C)C. The Bertz CT molecular complexity index is 277. The van der Waals surface area contributed by atoms with Crippen LogP contribution in [-0.2, 0) is 0 Å². The van der Waals surface area contributed by atoms with Crippen molar-refractivity contribution in [1.29, 1.82) is 0 Å². The summed E-state index contributed by atoms with van der Waals surface area (Å²) >= 11 is 0. The van der Waals surface area contributed by atoms with Crippen molar-refractivity contribution in [3.8, 4) is 0 Å². The summed E-state index contributed by atoms with van der Waals surface area (Å²) in [5.41, 5.74) is 1.47. The van der Waals surface area contributed by atoms with E-state index in [1.54, 1.807) is 0 Å². The van der Waals surface area contributed by atoms with E-state index in [0.29, 0.717) is 6.04 Å². The lowest BCUT2D eigenvalue weighted by Gasteiger charge is -2.12. The zero-order chi connectivity index (χ0) is 13.4. The maximum atomic E-state index is 4.36. The predicted octanol–water partition coefficient (Wildman–Crippen LogP) is 5.75. The largest absolute Gasteiger partial charge is 0.181 e. The van der Waals surface area contributed by atoms with Gasteiger partial charge in [-0.05, 0) is 36.7 Å². The molecule has 0 aromatic rings. The molecule has 0 aromatic carbocycles. The highest BCUT2D eigenvalue weighted by Crippen LogP contribution is 2.26. The van der Waals surface area contributed by atoms with Crippen LogP contribution in [0.1, 0.15) is 72.6 Å². The normalized spacial score (nSPS) is 19.0. The van der Waals surface area contributed by atoms with Gasteiger partial charge in [0.15, 0.2) is 0 Å². The summed E-state index contributed by atoms with van der Waals surface area (Å²) in [7, 11) is 0. The summed E-state index contributed by atoms with van der Waals surface area (Å²) in [5, 5.41) is 8.48. The van der Waals surface area contributed by atoms with Crippen LogP contribution in [0.2, 0.25) is 0 Å². The Balaban J connectivity index is 2.16. The summed E-state index contributed by atoms with van der Waals surface area (Å²) < 4.78 is 0. The first-order valence-electron chi connectivity index (χ1n) is 7.68. The van der Waals surface area contributed by atoms with Crippen molar-refractivity contribution in [2.24, 2.45) is 22.1 Å². The van der Waals surface area contributed by atoms with E-state index in [0.717, 1.165) is 11.8 Å². The molecule has 0 radical (unpaired) electrons. The second-order valence-electron chi connectivity index (χ2n) is 6.42. The van der Waals surface area contributed by atoms with Crippen molar-refractivity contribution in [2.45, 2.75) is 78.7 Å². The highest BCUT2D eigenvalue weighted by atomic mass is 15.1. The zero-order valence-electron chi connectivity index (χ0n) is 12.7. The molecule has 0 aliphatic carbocycles. The minimum atomic E-state index is 0.407. The van der Waals surface area contributed by atoms with Gasteiger partial charge in [0.1, 0.15) is 0 Å². The van der Waals surface area contributed by atoms with Gasteiger partial charge in [-0.15, -0.1) is 0 Å². The van der Waals surface area contributed by atoms with Crippen molar-refractivity contribution >= 4 is 0 Å². The number of rotatable bonds is 9. The van der Waals surface area contributed by atoms with E-state index in [-0.39, 0.29) is 0 Å². The van der Waals surface area contributed by atoms with Gasteiger partial charge < -0.3 is 0 Å². The maximum absolute atomic E-state index is 4.36. The van der Waals surface area contributed by atoms with Crippen LogP contribution in [-0.4, -0.2) is 6.04 Å². The highest BCUT2D eigenvalue weighted by Gasteiger charge is 2.17. The summed E-state index contributed by atoms with van der Waals surface area (Å²) in [6.07, 6.45) is 11.0. The van der Waals surface area contributed by atoms with Gasteiger partial charge in [-0.2, -0.15) is 10.2 Å². The third kappa shape index (κ3) is 6.32. The third-order valence-corrected chi connectivity index (χ3v) is 3.61. The lowest BCUT2D eigenvalue weighted by molar-refractivity contribution is 0.503. The quantitative estimate of drug-likeness (QED) is 0.466. The molecule has 0 spiro atoms. The Morgan fingerprint density at radius 2 is 1.67 bits per heavy atom. The minimum absolute atomic E-state index is 0.407. The number of nitrogens with zero attached hydrogens (tertiary/aromatic N) is 2. The molecule has 0 bridgehead atoms. The molecule has 1 aliphatic rings. The van der Waals surface area contributed by atoms with Crippen LogP contribution in [0, 0.1) is 11.8 Å². The first-order valence-corrected chi connectivity index (χ1v) is 7.68. The van der Waals surface area contributed by atoms with Crippen LogP contribution in [0.5, 0.6) is 0 Å². The van der Waals surface area contributed by atoms with E-state index >= 15 is 0 Å². The molecule has 0 fully saturated rings. The smallest absolute Gasteiger partial charge is 0.0940 e. The minimum Gasteiger partial charge on any atom is -0.181 e. The topological polar surface area (TPSA) is 24.7 Å². The van der Waals surface area contributed by atoms with E-state index in [1.165, 1.54) is 50.5 Å². The average molecular weight is 250 g/mol. The van der Waals surface area contributed by atoms with Crippen LogP contribution in [0.25, 0.3) is 0 Å². The van der Waals surface area contributed by atoms with Gasteiger partial charge in [-0.25, -0.2) is 0 Å². The molecule has 1 aliphatic heterocycles. The van der Waals surface area contributed by atoms with Gasteiger partial charge in [-0.1, -0.05) is 53.4 Å². The molecule has 0 saturated carbocycles. The van der Waals surface area contributed by atoms with Crippen molar-refractivity contribution in [1.82, 2.24) is 0 Å². The maximum Gasteiger partial charge on any atom is 0.0940 e. The average Bonchev–Trinajstić information content (AvgIpc) is 2.71. The lowest BCUT2D eigenvalue weighted by Crippen LogP contribution is -2.06. The monoisotopic (exact) mass is 250 g/mol. The van der Waals surface area contributed by atoms with Gasteiger partial charge >= 0.3 is 0 Å². The van der Waals surface area contributed by atoms with Gasteiger partial charge in [0.2, 0.25) is 0 Å². The Morgan fingerprint density at radius 3 is 2.33 bits per heavy atom. The number of hydrogen-bond donors (Lipinski definition) is 0. The lowest BCUT2D eigenvalue weighted by atomic mass is 9.95.